The summed E-state index contributed by atoms with van der Waals surface area (Å²) in [5.41, 5.74) is 0.463. The maximum Gasteiger partial charge on any atom is 0.304 e. The predicted molar refractivity (Wildman–Crippen MR) is 59.7 cm³/mol. The first-order chi connectivity index (χ1) is 8.12. The summed E-state index contributed by atoms with van der Waals surface area (Å²) < 4.78 is 15.1. The number of carbonyl (C=O) groups is 1. The highest BCUT2D eigenvalue weighted by Gasteiger charge is 2.19. The minimum atomic E-state index is -1.00. The summed E-state index contributed by atoms with van der Waals surface area (Å²) in [4.78, 5) is 10.9. The van der Waals surface area contributed by atoms with E-state index in [0.717, 1.165) is 0 Å². The molecule has 5 nitrogen and oxygen atoms in total. The molecule has 0 N–H and O–H groups in total. The van der Waals surface area contributed by atoms with Crippen LogP contribution in [0.3, 0.4) is 0 Å². The van der Waals surface area contributed by atoms with Gasteiger partial charge in [0, 0.05) is 6.92 Å². The van der Waals surface area contributed by atoms with Crippen LogP contribution >= 0.6 is 0 Å². The number of ether oxygens (including phenoxy) is 3. The molecule has 0 saturated carbocycles. The van der Waals surface area contributed by atoms with Crippen molar-refractivity contribution in [2.24, 2.45) is 0 Å². The third kappa shape index (κ3) is 3.11. The zero-order valence-electron chi connectivity index (χ0n) is 9.89. The molecule has 0 heterocycles. The van der Waals surface area contributed by atoms with Crippen LogP contribution in [0.4, 0.5) is 0 Å². The highest BCUT2D eigenvalue weighted by atomic mass is 16.5. The van der Waals surface area contributed by atoms with Gasteiger partial charge in [-0.05, 0) is 18.2 Å². The van der Waals surface area contributed by atoms with E-state index >= 15 is 0 Å². The van der Waals surface area contributed by atoms with Crippen molar-refractivity contribution in [2.75, 3.05) is 14.2 Å². The SMILES string of the molecule is COc1ccc(OC)c([C@H](C#N)OC(C)=O)c1. The van der Waals surface area contributed by atoms with Crippen LogP contribution in [0, 0.1) is 11.3 Å². The Morgan fingerprint density at radius 1 is 1.35 bits per heavy atom. The molecule has 1 aromatic carbocycles. The second-order valence-corrected chi connectivity index (χ2v) is 3.23. The highest BCUT2D eigenvalue weighted by molar-refractivity contribution is 5.67. The molecule has 0 aliphatic rings. The molecule has 0 unspecified atom stereocenters. The summed E-state index contributed by atoms with van der Waals surface area (Å²) in [6, 6.07) is 6.86. The number of benzene rings is 1. The molecule has 1 rings (SSSR count). The largest absolute Gasteiger partial charge is 0.497 e. The fourth-order valence-corrected chi connectivity index (χ4v) is 1.37. The minimum absolute atomic E-state index is 0.463. The Balaban J connectivity index is 3.15. The van der Waals surface area contributed by atoms with Gasteiger partial charge in [0.2, 0.25) is 6.10 Å². The number of nitriles is 1. The van der Waals surface area contributed by atoms with Gasteiger partial charge in [-0.15, -0.1) is 0 Å². The van der Waals surface area contributed by atoms with Gasteiger partial charge in [0.05, 0.1) is 19.8 Å². The number of hydrogen-bond acceptors (Lipinski definition) is 5. The lowest BCUT2D eigenvalue weighted by molar-refractivity contribution is -0.144. The van der Waals surface area contributed by atoms with Gasteiger partial charge < -0.3 is 14.2 Å². The lowest BCUT2D eigenvalue weighted by atomic mass is 10.1. The third-order valence-electron chi connectivity index (χ3n) is 2.12. The second-order valence-electron chi connectivity index (χ2n) is 3.23. The summed E-state index contributed by atoms with van der Waals surface area (Å²) in [5.74, 6) is 0.508. The third-order valence-corrected chi connectivity index (χ3v) is 2.12. The lowest BCUT2D eigenvalue weighted by Crippen LogP contribution is -2.08. The monoisotopic (exact) mass is 235 g/mol. The van der Waals surface area contributed by atoms with Crippen LogP contribution in [0.15, 0.2) is 18.2 Å². The van der Waals surface area contributed by atoms with E-state index in [4.69, 9.17) is 19.5 Å². The minimum Gasteiger partial charge on any atom is -0.497 e. The summed E-state index contributed by atoms with van der Waals surface area (Å²) in [5, 5.41) is 8.99. The Hall–Kier alpha value is -2.22. The summed E-state index contributed by atoms with van der Waals surface area (Å²) in [6.45, 7) is 1.25. The average molecular weight is 235 g/mol. The van der Waals surface area contributed by atoms with E-state index in [1.54, 1.807) is 18.2 Å². The molecule has 5 heteroatoms. The molecule has 0 spiro atoms. The van der Waals surface area contributed by atoms with E-state index < -0.39 is 12.1 Å². The average Bonchev–Trinajstić information content (AvgIpc) is 2.34. The van der Waals surface area contributed by atoms with E-state index in [2.05, 4.69) is 0 Å². The van der Waals surface area contributed by atoms with Gasteiger partial charge >= 0.3 is 5.97 Å². The Labute approximate surface area is 99.5 Å². The Kier molecular flexibility index (Phi) is 4.35. The van der Waals surface area contributed by atoms with Gasteiger partial charge in [-0.1, -0.05) is 0 Å². The van der Waals surface area contributed by atoms with E-state index in [9.17, 15) is 4.79 Å². The fourth-order valence-electron chi connectivity index (χ4n) is 1.37. The first kappa shape index (κ1) is 12.8. The van der Waals surface area contributed by atoms with Crippen LogP contribution in [0.5, 0.6) is 11.5 Å². The normalized spacial score (nSPS) is 11.2. The number of nitrogens with zero attached hydrogens (tertiary/aromatic N) is 1. The molecule has 1 aromatic rings. The Bertz CT molecular complexity index is 450. The molecule has 0 amide bonds. The van der Waals surface area contributed by atoms with Crippen LogP contribution < -0.4 is 9.47 Å². The van der Waals surface area contributed by atoms with Crippen LogP contribution in [0.1, 0.15) is 18.6 Å². The Morgan fingerprint density at radius 2 is 2.06 bits per heavy atom. The standard InChI is InChI=1S/C12H13NO4/c1-8(14)17-12(7-13)10-6-9(15-2)4-5-11(10)16-3/h4-6,12H,1-3H3/t12-/m0/s1. The van der Waals surface area contributed by atoms with Gasteiger partial charge in [-0.25, -0.2) is 0 Å². The maximum absolute atomic E-state index is 10.9. The highest BCUT2D eigenvalue weighted by Crippen LogP contribution is 2.31. The molecule has 90 valence electrons. The van der Waals surface area contributed by atoms with Crippen molar-refractivity contribution in [1.82, 2.24) is 0 Å². The van der Waals surface area contributed by atoms with Gasteiger partial charge in [-0.2, -0.15) is 5.26 Å². The van der Waals surface area contributed by atoms with Crippen molar-refractivity contribution >= 4 is 5.97 Å². The van der Waals surface area contributed by atoms with Gasteiger partial charge in [0.15, 0.2) is 0 Å². The molecule has 0 radical (unpaired) electrons. The molecule has 0 aliphatic heterocycles. The van der Waals surface area contributed by atoms with Crippen molar-refractivity contribution in [3.05, 3.63) is 23.8 Å². The first-order valence-electron chi connectivity index (χ1n) is 4.91. The zero-order valence-corrected chi connectivity index (χ0v) is 9.89. The van der Waals surface area contributed by atoms with Gasteiger partial charge in [0.1, 0.15) is 17.6 Å². The lowest BCUT2D eigenvalue weighted by Gasteiger charge is -2.14. The van der Waals surface area contributed by atoms with E-state index in [1.807, 2.05) is 6.07 Å². The number of carbonyl (C=O) groups excluding carboxylic acids is 1. The van der Waals surface area contributed by atoms with Crippen molar-refractivity contribution in [3.63, 3.8) is 0 Å². The number of methoxy groups -OCH3 is 2. The van der Waals surface area contributed by atoms with Crippen molar-refractivity contribution in [3.8, 4) is 17.6 Å². The number of hydrogen-bond donors (Lipinski definition) is 0. The quantitative estimate of drug-likeness (QED) is 0.745. The zero-order chi connectivity index (χ0) is 12.8. The molecule has 0 bridgehead atoms. The molecule has 0 saturated heterocycles. The van der Waals surface area contributed by atoms with E-state index in [0.29, 0.717) is 17.1 Å². The molecule has 0 fully saturated rings. The topological polar surface area (TPSA) is 68.6 Å². The molecular weight excluding hydrogens is 222 g/mol. The first-order valence-corrected chi connectivity index (χ1v) is 4.91. The molecule has 1 atom stereocenters. The summed E-state index contributed by atoms with van der Waals surface area (Å²) in [7, 11) is 2.99. The molecular formula is C12H13NO4. The predicted octanol–water partition coefficient (Wildman–Crippen LogP) is 1.83. The summed E-state index contributed by atoms with van der Waals surface area (Å²) >= 11 is 0. The van der Waals surface area contributed by atoms with Crippen molar-refractivity contribution in [2.45, 2.75) is 13.0 Å². The van der Waals surface area contributed by atoms with Crippen LogP contribution in [-0.2, 0) is 9.53 Å². The fraction of sp³-hybridized carbons (Fsp3) is 0.333. The van der Waals surface area contributed by atoms with Gasteiger partial charge in [0.25, 0.3) is 0 Å². The van der Waals surface area contributed by atoms with E-state index in [-0.39, 0.29) is 0 Å². The van der Waals surface area contributed by atoms with Crippen LogP contribution in [0.2, 0.25) is 0 Å². The van der Waals surface area contributed by atoms with E-state index in [1.165, 1.54) is 21.1 Å². The Morgan fingerprint density at radius 3 is 2.53 bits per heavy atom. The smallest absolute Gasteiger partial charge is 0.304 e. The number of esters is 1. The van der Waals surface area contributed by atoms with Gasteiger partial charge in [-0.3, -0.25) is 4.79 Å². The maximum atomic E-state index is 10.9. The van der Waals surface area contributed by atoms with Crippen LogP contribution in [0.25, 0.3) is 0 Å². The second kappa shape index (κ2) is 5.75. The van der Waals surface area contributed by atoms with Crippen LogP contribution in [-0.4, -0.2) is 20.2 Å². The number of rotatable bonds is 4. The summed E-state index contributed by atoms with van der Waals surface area (Å²) in [6.07, 6.45) is -1.00. The molecule has 0 aromatic heterocycles. The van der Waals surface area contributed by atoms with Crippen molar-refractivity contribution < 1.29 is 19.0 Å². The molecule has 0 aliphatic carbocycles. The molecule has 17 heavy (non-hydrogen) atoms. The van der Waals surface area contributed by atoms with Crippen molar-refractivity contribution in [1.29, 1.82) is 5.26 Å².